The Bertz CT molecular complexity index is 3050. The van der Waals surface area contributed by atoms with Gasteiger partial charge < -0.3 is 5.11 Å². The minimum Gasteiger partial charge on any atom is -0.507 e. The minimum absolute atomic E-state index is 0.0830. The van der Waals surface area contributed by atoms with Crippen LogP contribution in [0.1, 0.15) is 125 Å². The maximum atomic E-state index is 12.6. The van der Waals surface area contributed by atoms with Gasteiger partial charge in [0.2, 0.25) is 0 Å². The molecule has 0 saturated carbocycles. The topological polar surface area (TPSA) is 50.9 Å². The first-order chi connectivity index (χ1) is 31.0. The summed E-state index contributed by atoms with van der Waals surface area (Å²) in [5, 5.41) is 12.6. The van der Waals surface area contributed by atoms with Crippen molar-refractivity contribution >= 4 is 11.0 Å². The van der Waals surface area contributed by atoms with Crippen molar-refractivity contribution in [2.75, 3.05) is 0 Å². The van der Waals surface area contributed by atoms with Crippen molar-refractivity contribution in [3.63, 3.8) is 0 Å². The van der Waals surface area contributed by atoms with Crippen molar-refractivity contribution in [1.82, 2.24) is 14.5 Å². The summed E-state index contributed by atoms with van der Waals surface area (Å²) >= 11 is 0. The minimum atomic E-state index is -0.319. The molecule has 4 nitrogen and oxygen atoms in total. The number of para-hydroxylation sites is 1. The number of aromatic nitrogens is 3. The molecule has 6 aromatic carbocycles. The molecule has 4 heteroatoms. The predicted octanol–water partition coefficient (Wildman–Crippen LogP) is 16.8. The van der Waals surface area contributed by atoms with Crippen molar-refractivity contribution in [1.29, 1.82) is 0 Å². The summed E-state index contributed by atoms with van der Waals surface area (Å²) in [7, 11) is 0. The third kappa shape index (κ3) is 9.38. The molecule has 0 amide bonds. The molecule has 8 rings (SSSR count). The normalized spacial score (nSPS) is 12.7. The predicted molar refractivity (Wildman–Crippen MR) is 281 cm³/mol. The van der Waals surface area contributed by atoms with E-state index in [-0.39, 0.29) is 27.4 Å². The summed E-state index contributed by atoms with van der Waals surface area (Å²) in [6.07, 6.45) is 2.90. The maximum absolute atomic E-state index is 12.6. The fraction of sp³-hybridized carbons (Fsp3) is 0.323. The Morgan fingerprint density at radius 2 is 1.15 bits per heavy atom. The zero-order chi connectivity index (χ0) is 47.5. The Balaban J connectivity index is 1.42. The highest BCUT2D eigenvalue weighted by atomic mass is 16.3. The monoisotopic (exact) mass is 872 g/mol. The van der Waals surface area contributed by atoms with Crippen LogP contribution in [-0.4, -0.2) is 19.6 Å². The SMILES string of the molecule is CC(C)Cc1ccc(-n2c(-c3cc(C(C)(C)C)cc(C(C)(C)C)c3O)nc3c(-c4cc(-c5cc(-c6ccc(C(C)(C)C)cc6)ccn5)cc(C(C)(C)C)c4)cccc32)c(-c2ccccc2)c1. The largest absolute Gasteiger partial charge is 0.507 e. The van der Waals surface area contributed by atoms with Crippen molar-refractivity contribution in [2.24, 2.45) is 5.92 Å². The lowest BCUT2D eigenvalue weighted by molar-refractivity contribution is 0.446. The number of hydrogen-bond donors (Lipinski definition) is 1. The van der Waals surface area contributed by atoms with Gasteiger partial charge >= 0.3 is 0 Å². The molecule has 0 saturated heterocycles. The van der Waals surface area contributed by atoms with Gasteiger partial charge in [-0.2, -0.15) is 0 Å². The number of nitrogens with zero attached hydrogens (tertiary/aromatic N) is 3. The molecule has 66 heavy (non-hydrogen) atoms. The first kappa shape index (κ1) is 46.3. The number of phenols is 1. The van der Waals surface area contributed by atoms with Crippen molar-refractivity contribution in [2.45, 2.75) is 125 Å². The molecule has 0 aliphatic heterocycles. The maximum Gasteiger partial charge on any atom is 0.149 e. The molecule has 0 atom stereocenters. The van der Waals surface area contributed by atoms with Crippen LogP contribution >= 0.6 is 0 Å². The molecule has 8 aromatic rings. The number of hydrogen-bond acceptors (Lipinski definition) is 3. The zero-order valence-electron chi connectivity index (χ0n) is 41.9. The fourth-order valence-electron chi connectivity index (χ4n) is 9.09. The van der Waals surface area contributed by atoms with Crippen LogP contribution in [0.25, 0.3) is 72.7 Å². The van der Waals surface area contributed by atoms with E-state index < -0.39 is 0 Å². The fourth-order valence-corrected chi connectivity index (χ4v) is 9.09. The van der Waals surface area contributed by atoms with E-state index in [2.05, 4.69) is 235 Å². The van der Waals surface area contributed by atoms with Crippen LogP contribution in [0.4, 0.5) is 0 Å². The van der Waals surface area contributed by atoms with Crippen LogP contribution < -0.4 is 0 Å². The van der Waals surface area contributed by atoms with E-state index in [1.807, 2.05) is 6.20 Å². The first-order valence-electron chi connectivity index (χ1n) is 23.8. The van der Waals surface area contributed by atoms with Crippen LogP contribution in [0, 0.1) is 5.92 Å². The molecule has 0 aliphatic carbocycles. The van der Waals surface area contributed by atoms with Gasteiger partial charge in [0.15, 0.2) is 0 Å². The highest BCUT2D eigenvalue weighted by Gasteiger charge is 2.30. The standard InChI is InChI=1S/C62H69N3O/c1-39(2)31-40-23-28-54(50(32-40)42-19-16-15-17-20-42)65-55-22-18-21-49(56(55)64-58(65)51-37-48(61(9,10)11)38-52(57(51)66)62(12,13)14)44-33-45(35-47(34-44)60(6,7)8)53-36-43(29-30-63-53)41-24-26-46(27-25-41)59(3,4)5/h15-30,32-39,66H,31H2,1-14H3. The van der Waals surface area contributed by atoms with Crippen molar-refractivity contribution in [3.8, 4) is 67.5 Å². The van der Waals surface area contributed by atoms with Crippen LogP contribution in [-0.2, 0) is 28.1 Å². The molecule has 0 fully saturated rings. The van der Waals surface area contributed by atoms with Crippen LogP contribution in [0.2, 0.25) is 0 Å². The summed E-state index contributed by atoms with van der Waals surface area (Å²) in [5.74, 6) is 1.48. The molecule has 2 heterocycles. The molecule has 0 bridgehead atoms. The number of aromatic hydroxyl groups is 1. The molecule has 0 unspecified atom stereocenters. The van der Waals surface area contributed by atoms with E-state index in [1.54, 1.807) is 0 Å². The summed E-state index contributed by atoms with van der Waals surface area (Å²) in [4.78, 5) is 10.7. The van der Waals surface area contributed by atoms with E-state index in [9.17, 15) is 5.11 Å². The molecule has 0 spiro atoms. The van der Waals surface area contributed by atoms with Gasteiger partial charge in [-0.25, -0.2) is 4.98 Å². The molecule has 338 valence electrons. The second-order valence-corrected chi connectivity index (χ2v) is 23.0. The summed E-state index contributed by atoms with van der Waals surface area (Å²) in [6.45, 7) is 31.4. The lowest BCUT2D eigenvalue weighted by Crippen LogP contribution is -2.17. The number of pyridine rings is 1. The lowest BCUT2D eigenvalue weighted by atomic mass is 9.79. The number of imidazole rings is 1. The number of phenolic OH excluding ortho intramolecular Hbond substituents is 1. The summed E-state index contributed by atoms with van der Waals surface area (Å²) in [6, 6.07) is 48.7. The number of fused-ring (bicyclic) bond motifs is 1. The quantitative estimate of drug-likeness (QED) is 0.165. The Morgan fingerprint density at radius 3 is 1.79 bits per heavy atom. The van der Waals surface area contributed by atoms with E-state index in [1.165, 1.54) is 22.3 Å². The van der Waals surface area contributed by atoms with Gasteiger partial charge in [-0.05, 0) is 127 Å². The lowest BCUT2D eigenvalue weighted by Gasteiger charge is -2.27. The molecule has 0 aliphatic rings. The van der Waals surface area contributed by atoms with Crippen LogP contribution in [0.5, 0.6) is 5.75 Å². The molecule has 2 aromatic heterocycles. The van der Waals surface area contributed by atoms with Gasteiger partial charge in [0, 0.05) is 28.5 Å². The van der Waals surface area contributed by atoms with Gasteiger partial charge in [-0.3, -0.25) is 9.55 Å². The average Bonchev–Trinajstić information content (AvgIpc) is 3.64. The van der Waals surface area contributed by atoms with Crippen molar-refractivity contribution in [3.05, 3.63) is 167 Å². The van der Waals surface area contributed by atoms with E-state index in [0.29, 0.717) is 11.7 Å². The molecular formula is C62H69N3O. The first-order valence-corrected chi connectivity index (χ1v) is 23.8. The van der Waals surface area contributed by atoms with Crippen molar-refractivity contribution < 1.29 is 5.11 Å². The van der Waals surface area contributed by atoms with Crippen LogP contribution in [0.3, 0.4) is 0 Å². The Morgan fingerprint density at radius 1 is 0.500 bits per heavy atom. The van der Waals surface area contributed by atoms with Gasteiger partial charge in [-0.15, -0.1) is 0 Å². The third-order valence-electron chi connectivity index (χ3n) is 13.0. The summed E-state index contributed by atoms with van der Waals surface area (Å²) < 4.78 is 2.30. The van der Waals surface area contributed by atoms with Crippen LogP contribution in [0.15, 0.2) is 140 Å². The Labute approximate surface area is 394 Å². The zero-order valence-corrected chi connectivity index (χ0v) is 41.9. The number of rotatable bonds is 8. The third-order valence-corrected chi connectivity index (χ3v) is 13.0. The second kappa shape index (κ2) is 17.2. The second-order valence-electron chi connectivity index (χ2n) is 23.0. The summed E-state index contributed by atoms with van der Waals surface area (Å²) in [5.41, 5.74) is 17.5. The number of benzene rings is 6. The van der Waals surface area contributed by atoms with E-state index in [0.717, 1.165) is 78.9 Å². The van der Waals surface area contributed by atoms with E-state index >= 15 is 0 Å². The molecule has 1 N–H and O–H groups in total. The average molecular weight is 872 g/mol. The highest BCUT2D eigenvalue weighted by Crippen LogP contribution is 2.46. The van der Waals surface area contributed by atoms with E-state index in [4.69, 9.17) is 9.97 Å². The Kier molecular flexibility index (Phi) is 12.1. The highest BCUT2D eigenvalue weighted by molar-refractivity contribution is 5.98. The van der Waals surface area contributed by atoms with Gasteiger partial charge in [-0.1, -0.05) is 182 Å². The van der Waals surface area contributed by atoms with Gasteiger partial charge in [0.05, 0.1) is 28.0 Å². The molecule has 0 radical (unpaired) electrons. The molecular weight excluding hydrogens is 803 g/mol. The smallest absolute Gasteiger partial charge is 0.149 e. The van der Waals surface area contributed by atoms with Gasteiger partial charge in [0.1, 0.15) is 11.6 Å². The van der Waals surface area contributed by atoms with Gasteiger partial charge in [0.25, 0.3) is 0 Å². The Hall–Kier alpha value is -6.26.